The van der Waals surface area contributed by atoms with Crippen LogP contribution >= 0.6 is 0 Å². The predicted molar refractivity (Wildman–Crippen MR) is 42.9 cm³/mol. The standard InChI is InChI=1S/C9H16O/c1-7-4-5-8(10)9(2,3)6-7/h5,7,10H,4,6H2,1-3H3. The van der Waals surface area contributed by atoms with Gasteiger partial charge in [-0.25, -0.2) is 0 Å². The van der Waals surface area contributed by atoms with Gasteiger partial charge in [-0.1, -0.05) is 20.8 Å². The normalized spacial score (nSPS) is 31.5. The maximum atomic E-state index is 9.42. The van der Waals surface area contributed by atoms with Crippen LogP contribution in [0.25, 0.3) is 0 Å². The molecule has 0 saturated carbocycles. The first kappa shape index (κ1) is 7.64. The van der Waals surface area contributed by atoms with E-state index < -0.39 is 0 Å². The van der Waals surface area contributed by atoms with Gasteiger partial charge in [-0.2, -0.15) is 0 Å². The van der Waals surface area contributed by atoms with Crippen molar-refractivity contribution in [3.63, 3.8) is 0 Å². The second kappa shape index (κ2) is 2.30. The van der Waals surface area contributed by atoms with E-state index in [9.17, 15) is 5.11 Å². The molecule has 0 spiro atoms. The Bertz CT molecular complexity index is 156. The second-order valence-electron chi connectivity index (χ2n) is 4.02. The zero-order chi connectivity index (χ0) is 7.78. The second-order valence-corrected chi connectivity index (χ2v) is 4.02. The zero-order valence-corrected chi connectivity index (χ0v) is 7.02. The van der Waals surface area contributed by atoms with Crippen LogP contribution < -0.4 is 0 Å². The molecule has 0 radical (unpaired) electrons. The van der Waals surface area contributed by atoms with E-state index in [0.717, 1.165) is 18.8 Å². The topological polar surface area (TPSA) is 20.2 Å². The van der Waals surface area contributed by atoms with E-state index in [1.165, 1.54) is 0 Å². The zero-order valence-electron chi connectivity index (χ0n) is 7.02. The summed E-state index contributed by atoms with van der Waals surface area (Å²) in [6.07, 6.45) is 4.10. The Labute approximate surface area is 62.8 Å². The molecular weight excluding hydrogens is 124 g/mol. The molecule has 0 heterocycles. The highest BCUT2D eigenvalue weighted by Gasteiger charge is 2.28. The molecule has 1 atom stereocenters. The van der Waals surface area contributed by atoms with Gasteiger partial charge < -0.3 is 5.11 Å². The fourth-order valence-electron chi connectivity index (χ4n) is 1.65. The molecule has 1 aliphatic rings. The van der Waals surface area contributed by atoms with Crippen molar-refractivity contribution in [1.29, 1.82) is 0 Å². The summed E-state index contributed by atoms with van der Waals surface area (Å²) in [7, 11) is 0. The monoisotopic (exact) mass is 140 g/mol. The van der Waals surface area contributed by atoms with E-state index in [0.29, 0.717) is 5.76 Å². The lowest BCUT2D eigenvalue weighted by Gasteiger charge is -2.31. The summed E-state index contributed by atoms with van der Waals surface area (Å²) in [6, 6.07) is 0. The van der Waals surface area contributed by atoms with Gasteiger partial charge >= 0.3 is 0 Å². The quantitative estimate of drug-likeness (QED) is 0.548. The van der Waals surface area contributed by atoms with Gasteiger partial charge in [0.15, 0.2) is 0 Å². The van der Waals surface area contributed by atoms with Crippen LogP contribution in [0.15, 0.2) is 11.8 Å². The Morgan fingerprint density at radius 1 is 1.60 bits per heavy atom. The molecule has 0 aromatic rings. The Morgan fingerprint density at radius 3 is 2.60 bits per heavy atom. The average Bonchev–Trinajstić information content (AvgIpc) is 1.78. The van der Waals surface area contributed by atoms with E-state index in [1.54, 1.807) is 0 Å². The molecule has 1 heteroatoms. The molecule has 10 heavy (non-hydrogen) atoms. The van der Waals surface area contributed by atoms with Crippen molar-refractivity contribution in [2.45, 2.75) is 33.6 Å². The lowest BCUT2D eigenvalue weighted by atomic mass is 9.76. The first-order valence-electron chi connectivity index (χ1n) is 3.92. The van der Waals surface area contributed by atoms with Crippen molar-refractivity contribution >= 4 is 0 Å². The summed E-state index contributed by atoms with van der Waals surface area (Å²) in [5.41, 5.74) is 0.0255. The highest BCUT2D eigenvalue weighted by atomic mass is 16.3. The van der Waals surface area contributed by atoms with Crippen molar-refractivity contribution in [2.75, 3.05) is 0 Å². The van der Waals surface area contributed by atoms with Gasteiger partial charge in [-0.05, 0) is 24.8 Å². The van der Waals surface area contributed by atoms with E-state index in [4.69, 9.17) is 0 Å². The third kappa shape index (κ3) is 1.34. The predicted octanol–water partition coefficient (Wildman–Crippen LogP) is 2.88. The van der Waals surface area contributed by atoms with Crippen LogP contribution in [0.2, 0.25) is 0 Å². The van der Waals surface area contributed by atoms with Crippen molar-refractivity contribution in [3.8, 4) is 0 Å². The maximum absolute atomic E-state index is 9.42. The number of aliphatic hydroxyl groups excluding tert-OH is 1. The van der Waals surface area contributed by atoms with Gasteiger partial charge in [0.1, 0.15) is 0 Å². The van der Waals surface area contributed by atoms with Crippen LogP contribution in [0, 0.1) is 11.3 Å². The van der Waals surface area contributed by atoms with Gasteiger partial charge in [0.25, 0.3) is 0 Å². The molecule has 58 valence electrons. The SMILES string of the molecule is CC1CC=C(O)C(C)(C)C1. The molecular formula is C9H16O. The van der Waals surface area contributed by atoms with Gasteiger partial charge in [0.2, 0.25) is 0 Å². The molecule has 1 nitrogen and oxygen atoms in total. The van der Waals surface area contributed by atoms with E-state index in [1.807, 2.05) is 6.08 Å². The highest BCUT2D eigenvalue weighted by molar-refractivity contribution is 5.07. The number of allylic oxidation sites excluding steroid dienone is 2. The molecule has 0 saturated heterocycles. The van der Waals surface area contributed by atoms with Gasteiger partial charge in [0, 0.05) is 5.41 Å². The van der Waals surface area contributed by atoms with E-state index in [-0.39, 0.29) is 5.41 Å². The molecule has 0 amide bonds. The number of rotatable bonds is 0. The van der Waals surface area contributed by atoms with Crippen LogP contribution in [0.3, 0.4) is 0 Å². The third-order valence-corrected chi connectivity index (χ3v) is 2.27. The summed E-state index contributed by atoms with van der Waals surface area (Å²) in [5.74, 6) is 1.30. The van der Waals surface area contributed by atoms with Crippen LogP contribution in [-0.4, -0.2) is 5.11 Å². The summed E-state index contributed by atoms with van der Waals surface area (Å²) < 4.78 is 0. The number of aliphatic hydroxyl groups is 1. The van der Waals surface area contributed by atoms with Crippen LogP contribution in [-0.2, 0) is 0 Å². The van der Waals surface area contributed by atoms with E-state index in [2.05, 4.69) is 20.8 Å². The number of hydrogen-bond acceptors (Lipinski definition) is 1. The highest BCUT2D eigenvalue weighted by Crippen LogP contribution is 2.37. The molecule has 1 N–H and O–H groups in total. The third-order valence-electron chi connectivity index (χ3n) is 2.27. The van der Waals surface area contributed by atoms with Crippen LogP contribution in [0.1, 0.15) is 33.6 Å². The van der Waals surface area contributed by atoms with Crippen molar-refractivity contribution < 1.29 is 5.11 Å². The largest absolute Gasteiger partial charge is 0.512 e. The number of hydrogen-bond donors (Lipinski definition) is 1. The van der Waals surface area contributed by atoms with Gasteiger partial charge in [-0.15, -0.1) is 0 Å². The molecule has 0 aromatic carbocycles. The van der Waals surface area contributed by atoms with E-state index >= 15 is 0 Å². The van der Waals surface area contributed by atoms with Crippen molar-refractivity contribution in [1.82, 2.24) is 0 Å². The minimum Gasteiger partial charge on any atom is -0.512 e. The summed E-state index contributed by atoms with van der Waals surface area (Å²) in [5, 5.41) is 9.42. The Balaban J connectivity index is 2.76. The first-order chi connectivity index (χ1) is 4.52. The molecule has 0 bridgehead atoms. The Kier molecular flexibility index (Phi) is 1.76. The van der Waals surface area contributed by atoms with Gasteiger partial charge in [0.05, 0.1) is 5.76 Å². The average molecular weight is 140 g/mol. The summed E-state index contributed by atoms with van der Waals surface area (Å²) in [4.78, 5) is 0. The van der Waals surface area contributed by atoms with Crippen molar-refractivity contribution in [3.05, 3.63) is 11.8 Å². The minimum atomic E-state index is 0.0255. The lowest BCUT2D eigenvalue weighted by Crippen LogP contribution is -2.22. The Hall–Kier alpha value is -0.460. The summed E-state index contributed by atoms with van der Waals surface area (Å²) in [6.45, 7) is 6.41. The molecule has 0 aromatic heterocycles. The van der Waals surface area contributed by atoms with Gasteiger partial charge in [-0.3, -0.25) is 0 Å². The molecule has 0 fully saturated rings. The molecule has 1 unspecified atom stereocenters. The van der Waals surface area contributed by atoms with Crippen molar-refractivity contribution in [2.24, 2.45) is 11.3 Å². The smallest absolute Gasteiger partial charge is 0.0939 e. The molecule has 0 aliphatic heterocycles. The fourth-order valence-corrected chi connectivity index (χ4v) is 1.65. The lowest BCUT2D eigenvalue weighted by molar-refractivity contribution is 0.197. The fraction of sp³-hybridized carbons (Fsp3) is 0.778. The summed E-state index contributed by atoms with van der Waals surface area (Å²) >= 11 is 0. The maximum Gasteiger partial charge on any atom is 0.0939 e. The van der Waals surface area contributed by atoms with Crippen LogP contribution in [0.5, 0.6) is 0 Å². The molecule has 1 aliphatic carbocycles. The minimum absolute atomic E-state index is 0.0255. The molecule has 1 rings (SSSR count). The van der Waals surface area contributed by atoms with Crippen LogP contribution in [0.4, 0.5) is 0 Å². The Morgan fingerprint density at radius 2 is 2.20 bits per heavy atom. The first-order valence-corrected chi connectivity index (χ1v) is 3.92.